The van der Waals surface area contributed by atoms with Crippen molar-refractivity contribution < 1.29 is 53.3 Å². The Balaban J connectivity index is 0.000000183. The lowest BCUT2D eigenvalue weighted by atomic mass is 9.98. The SMILES string of the molecule is COc1ccc(-c2c(OC)c3c(OC)c4c(cc3oc2=O)OC(C)(C)C=C4)cc1.O=c1c(O)c(-c2ccc(O)c(O)c2)oc2cc(O)cc(O)c12. The summed E-state index contributed by atoms with van der Waals surface area (Å²) in [5, 5.41) is 48.2. The third-order valence-corrected chi connectivity index (χ3v) is 8.09. The van der Waals surface area contributed by atoms with Gasteiger partial charge in [0.1, 0.15) is 67.6 Å². The Morgan fingerprint density at radius 1 is 0.667 bits per heavy atom. The van der Waals surface area contributed by atoms with E-state index in [1.165, 1.54) is 13.2 Å². The van der Waals surface area contributed by atoms with Crippen molar-refractivity contribution in [2.24, 2.45) is 0 Å². The van der Waals surface area contributed by atoms with Crippen molar-refractivity contribution in [2.75, 3.05) is 21.3 Å². The zero-order chi connectivity index (χ0) is 36.8. The Bertz CT molecular complexity index is 2470. The van der Waals surface area contributed by atoms with E-state index < -0.39 is 33.9 Å². The predicted octanol–water partition coefficient (Wildman–Crippen LogP) is 6.66. The van der Waals surface area contributed by atoms with Gasteiger partial charge in [0.15, 0.2) is 17.3 Å². The normalized spacial score (nSPS) is 12.8. The number of rotatable bonds is 5. The van der Waals surface area contributed by atoms with E-state index in [4.69, 9.17) is 27.8 Å². The highest BCUT2D eigenvalue weighted by Crippen LogP contribution is 2.47. The van der Waals surface area contributed by atoms with E-state index in [1.54, 1.807) is 44.6 Å². The van der Waals surface area contributed by atoms with Crippen molar-refractivity contribution in [3.63, 3.8) is 0 Å². The number of phenols is 4. The van der Waals surface area contributed by atoms with Gasteiger partial charge in [-0.3, -0.25) is 4.79 Å². The molecule has 0 atom stereocenters. The maximum absolute atomic E-state index is 12.9. The first-order chi connectivity index (χ1) is 24.3. The summed E-state index contributed by atoms with van der Waals surface area (Å²) >= 11 is 0. The van der Waals surface area contributed by atoms with Crippen LogP contribution in [0.1, 0.15) is 19.4 Å². The Morgan fingerprint density at radius 3 is 1.98 bits per heavy atom. The van der Waals surface area contributed by atoms with Crippen molar-refractivity contribution in [2.45, 2.75) is 19.4 Å². The molecule has 0 radical (unpaired) electrons. The molecule has 0 aliphatic carbocycles. The molecule has 0 unspecified atom stereocenters. The van der Waals surface area contributed by atoms with Crippen molar-refractivity contribution in [1.82, 2.24) is 0 Å². The molecule has 4 aromatic carbocycles. The van der Waals surface area contributed by atoms with Crippen LogP contribution in [0.2, 0.25) is 0 Å². The van der Waals surface area contributed by atoms with Crippen molar-refractivity contribution in [3.8, 4) is 74.2 Å². The zero-order valence-electron chi connectivity index (χ0n) is 27.9. The molecule has 51 heavy (non-hydrogen) atoms. The standard InChI is InChI=1S/C23H22O6.C15H10O7/c1-23(2)11-10-15-16(29-23)12-17-19(20(15)26-4)21(27-5)18(22(24)28-17)13-6-8-14(25-3)9-7-13;16-7-4-10(19)12-11(5-7)22-15(14(21)13(12)20)6-1-2-8(17)9(18)3-6/h6-12H,1-5H3;1-5,16-19,21H. The molecule has 0 spiro atoms. The summed E-state index contributed by atoms with van der Waals surface area (Å²) in [6.07, 6.45) is 3.91. The van der Waals surface area contributed by atoms with E-state index in [1.807, 2.05) is 26.0 Å². The van der Waals surface area contributed by atoms with Crippen LogP contribution in [0.4, 0.5) is 0 Å². The van der Waals surface area contributed by atoms with Crippen LogP contribution >= 0.6 is 0 Å². The fraction of sp³-hybridized carbons (Fsp3) is 0.158. The van der Waals surface area contributed by atoms with Gasteiger partial charge in [0.05, 0.1) is 26.9 Å². The predicted molar refractivity (Wildman–Crippen MR) is 188 cm³/mol. The molecular formula is C38H32O13. The first-order valence-corrected chi connectivity index (χ1v) is 15.3. The van der Waals surface area contributed by atoms with Crippen LogP contribution in [0.25, 0.3) is 50.5 Å². The van der Waals surface area contributed by atoms with E-state index in [2.05, 4.69) is 0 Å². The highest BCUT2D eigenvalue weighted by Gasteiger charge is 2.29. The second kappa shape index (κ2) is 12.9. The van der Waals surface area contributed by atoms with Crippen molar-refractivity contribution in [3.05, 3.63) is 92.9 Å². The second-order valence-electron chi connectivity index (χ2n) is 11.9. The number of methoxy groups -OCH3 is 3. The molecule has 0 saturated carbocycles. The minimum Gasteiger partial charge on any atom is -0.508 e. The van der Waals surface area contributed by atoms with Gasteiger partial charge >= 0.3 is 5.63 Å². The van der Waals surface area contributed by atoms with Gasteiger partial charge in [-0.25, -0.2) is 4.79 Å². The van der Waals surface area contributed by atoms with Crippen LogP contribution in [0.15, 0.2) is 85.2 Å². The summed E-state index contributed by atoms with van der Waals surface area (Å²) in [4.78, 5) is 25.0. The number of phenolic OH excluding ortho intramolecular Hbond substituents is 4. The lowest BCUT2D eigenvalue weighted by Crippen LogP contribution is -2.27. The van der Waals surface area contributed by atoms with Crippen molar-refractivity contribution in [1.29, 1.82) is 0 Å². The van der Waals surface area contributed by atoms with Crippen LogP contribution in [-0.2, 0) is 0 Å². The number of hydrogen-bond donors (Lipinski definition) is 5. The summed E-state index contributed by atoms with van der Waals surface area (Å²) in [7, 11) is 4.68. The van der Waals surface area contributed by atoms with Gasteiger partial charge in [0.2, 0.25) is 11.2 Å². The molecule has 3 heterocycles. The van der Waals surface area contributed by atoms with E-state index >= 15 is 0 Å². The average molecular weight is 697 g/mol. The number of benzene rings is 4. The maximum atomic E-state index is 12.9. The molecule has 1 aliphatic heterocycles. The molecule has 2 aromatic heterocycles. The Labute approximate surface area is 289 Å². The van der Waals surface area contributed by atoms with E-state index in [9.17, 15) is 35.1 Å². The number of hydrogen-bond acceptors (Lipinski definition) is 13. The van der Waals surface area contributed by atoms with Gasteiger partial charge in [0, 0.05) is 23.8 Å². The van der Waals surface area contributed by atoms with Gasteiger partial charge in [-0.05, 0) is 61.9 Å². The van der Waals surface area contributed by atoms with Gasteiger partial charge in [-0.15, -0.1) is 0 Å². The number of fused-ring (bicyclic) bond motifs is 3. The molecule has 7 rings (SSSR count). The maximum Gasteiger partial charge on any atom is 0.347 e. The summed E-state index contributed by atoms with van der Waals surface area (Å²) in [6, 6.07) is 14.5. The molecular weight excluding hydrogens is 664 g/mol. The van der Waals surface area contributed by atoms with E-state index in [0.29, 0.717) is 45.1 Å². The largest absolute Gasteiger partial charge is 0.508 e. The molecule has 0 fully saturated rings. The molecule has 262 valence electrons. The Hall–Kier alpha value is -6.76. The highest BCUT2D eigenvalue weighted by atomic mass is 16.5. The van der Waals surface area contributed by atoms with Gasteiger partial charge in [-0.2, -0.15) is 0 Å². The molecule has 1 aliphatic rings. The Morgan fingerprint density at radius 2 is 1.33 bits per heavy atom. The fourth-order valence-corrected chi connectivity index (χ4v) is 5.69. The van der Waals surface area contributed by atoms with Gasteiger partial charge in [-0.1, -0.05) is 12.1 Å². The lowest BCUT2D eigenvalue weighted by Gasteiger charge is -2.29. The van der Waals surface area contributed by atoms with Gasteiger partial charge in [0.25, 0.3) is 0 Å². The number of ether oxygens (including phenoxy) is 4. The molecule has 0 saturated heterocycles. The lowest BCUT2D eigenvalue weighted by molar-refractivity contribution is 0.158. The molecule has 13 nitrogen and oxygen atoms in total. The fourth-order valence-electron chi connectivity index (χ4n) is 5.69. The first kappa shape index (κ1) is 34.1. The third-order valence-electron chi connectivity index (χ3n) is 8.09. The highest BCUT2D eigenvalue weighted by molar-refractivity contribution is 5.99. The molecule has 0 amide bonds. The Kier molecular flexibility index (Phi) is 8.65. The van der Waals surface area contributed by atoms with Crippen LogP contribution in [0.3, 0.4) is 0 Å². The minimum absolute atomic E-state index is 0.134. The summed E-state index contributed by atoms with van der Waals surface area (Å²) in [5.41, 5.74) is 0.218. The second-order valence-corrected chi connectivity index (χ2v) is 11.9. The zero-order valence-corrected chi connectivity index (χ0v) is 27.9. The minimum atomic E-state index is -0.888. The summed E-state index contributed by atoms with van der Waals surface area (Å²) < 4.78 is 33.7. The molecule has 13 heteroatoms. The topological polar surface area (TPSA) is 198 Å². The first-order valence-electron chi connectivity index (χ1n) is 15.3. The summed E-state index contributed by atoms with van der Waals surface area (Å²) in [6.45, 7) is 3.90. The van der Waals surface area contributed by atoms with Crippen LogP contribution in [0, 0.1) is 0 Å². The molecule has 0 bridgehead atoms. The van der Waals surface area contributed by atoms with Crippen LogP contribution < -0.4 is 30.0 Å². The molecule has 6 aromatic rings. The average Bonchev–Trinajstić information content (AvgIpc) is 3.09. The van der Waals surface area contributed by atoms with Crippen LogP contribution in [0.5, 0.6) is 51.7 Å². The third kappa shape index (κ3) is 6.16. The van der Waals surface area contributed by atoms with E-state index in [-0.39, 0.29) is 33.8 Å². The van der Waals surface area contributed by atoms with E-state index in [0.717, 1.165) is 29.8 Å². The van der Waals surface area contributed by atoms with Crippen LogP contribution in [-0.4, -0.2) is 52.5 Å². The smallest absolute Gasteiger partial charge is 0.347 e. The molecule has 5 N–H and O–H groups in total. The monoisotopic (exact) mass is 696 g/mol. The van der Waals surface area contributed by atoms with Gasteiger partial charge < -0.3 is 53.3 Å². The summed E-state index contributed by atoms with van der Waals surface area (Å²) in [5.74, 6) is -0.522. The number of aromatic hydroxyl groups is 5. The quantitative estimate of drug-likeness (QED) is 0.0948. The van der Waals surface area contributed by atoms with Crippen molar-refractivity contribution >= 4 is 28.0 Å².